The Morgan fingerprint density at radius 1 is 1.16 bits per heavy atom. The number of cyclic esters (lactones) is 1. The number of benzene rings is 1. The molecular weight excluding hydrogens is 426 g/mol. The summed E-state index contributed by atoms with van der Waals surface area (Å²) in [5, 5.41) is -0.0379. The lowest BCUT2D eigenvalue weighted by Gasteiger charge is -2.40. The van der Waals surface area contributed by atoms with Crippen molar-refractivity contribution >= 4 is 26.1 Å². The molecule has 5 atom stereocenters. The molecule has 0 bridgehead atoms. The summed E-state index contributed by atoms with van der Waals surface area (Å²) in [6.07, 6.45) is -0.0106. The monoisotopic (exact) mass is 459 g/mol. The third-order valence-corrected chi connectivity index (χ3v) is 11.1. The van der Waals surface area contributed by atoms with Crippen molar-refractivity contribution in [3.8, 4) is 0 Å². The Hall–Kier alpha value is -2.29. The maximum absolute atomic E-state index is 13.3. The molecule has 1 fully saturated rings. The van der Waals surface area contributed by atoms with Crippen LogP contribution in [0.1, 0.15) is 46.3 Å². The van der Waals surface area contributed by atoms with Crippen molar-refractivity contribution in [3.63, 3.8) is 0 Å². The highest BCUT2D eigenvalue weighted by molar-refractivity contribution is 6.74. The van der Waals surface area contributed by atoms with Crippen LogP contribution in [0.15, 0.2) is 42.5 Å². The number of nitrogens with zero attached hydrogens (tertiary/aromatic N) is 1. The maximum Gasteiger partial charge on any atom is 0.417 e. The lowest BCUT2D eigenvalue weighted by molar-refractivity contribution is -0.161. The van der Waals surface area contributed by atoms with Gasteiger partial charge in [0, 0.05) is 0 Å². The van der Waals surface area contributed by atoms with Crippen molar-refractivity contribution in [2.75, 3.05) is 0 Å². The van der Waals surface area contributed by atoms with Crippen molar-refractivity contribution in [3.05, 3.63) is 48.0 Å². The van der Waals surface area contributed by atoms with Crippen molar-refractivity contribution in [1.82, 2.24) is 4.90 Å². The fourth-order valence-electron chi connectivity index (χ4n) is 3.62. The van der Waals surface area contributed by atoms with Crippen molar-refractivity contribution in [1.29, 1.82) is 0 Å². The third kappa shape index (κ3) is 4.72. The van der Waals surface area contributed by atoms with Gasteiger partial charge in [0.25, 0.3) is 0 Å². The second-order valence-electron chi connectivity index (χ2n) is 10.0. The molecule has 0 aromatic heterocycles. The summed E-state index contributed by atoms with van der Waals surface area (Å²) in [4.78, 5) is 39.5. The zero-order valence-corrected chi connectivity index (χ0v) is 20.8. The molecule has 2 aliphatic rings. The fourth-order valence-corrected chi connectivity index (χ4v) is 4.69. The van der Waals surface area contributed by atoms with E-state index in [9.17, 15) is 14.4 Å². The van der Waals surface area contributed by atoms with E-state index >= 15 is 0 Å². The first-order valence-corrected chi connectivity index (χ1v) is 13.9. The molecule has 0 aliphatic carbocycles. The highest BCUT2D eigenvalue weighted by atomic mass is 28.4. The van der Waals surface area contributed by atoms with Crippen molar-refractivity contribution in [2.24, 2.45) is 5.92 Å². The maximum atomic E-state index is 13.3. The molecule has 2 amide bonds. The molecule has 8 heteroatoms. The zero-order valence-electron chi connectivity index (χ0n) is 19.8. The summed E-state index contributed by atoms with van der Waals surface area (Å²) < 4.78 is 17.7. The van der Waals surface area contributed by atoms with Gasteiger partial charge in [-0.1, -0.05) is 58.0 Å². The van der Waals surface area contributed by atoms with Crippen LogP contribution < -0.4 is 0 Å². The normalized spacial score (nSPS) is 27.4. The number of hydrogen-bond acceptors (Lipinski definition) is 6. The van der Waals surface area contributed by atoms with Gasteiger partial charge in [-0.2, -0.15) is 0 Å². The number of imide groups is 1. The van der Waals surface area contributed by atoms with E-state index in [-0.39, 0.29) is 10.8 Å². The highest BCUT2D eigenvalue weighted by Gasteiger charge is 2.48. The average molecular weight is 460 g/mol. The van der Waals surface area contributed by atoms with E-state index in [0.29, 0.717) is 0 Å². The largest absolute Gasteiger partial charge is 0.439 e. The molecule has 1 aromatic rings. The number of ketones is 1. The first-order valence-electron chi connectivity index (χ1n) is 11.0. The Balaban J connectivity index is 1.74. The van der Waals surface area contributed by atoms with Crippen LogP contribution in [0, 0.1) is 5.92 Å². The minimum absolute atomic E-state index is 0.0379. The lowest BCUT2D eigenvalue weighted by Crippen LogP contribution is -2.50. The van der Waals surface area contributed by atoms with Gasteiger partial charge in [-0.25, -0.2) is 9.69 Å². The minimum atomic E-state index is -2.16. The van der Waals surface area contributed by atoms with Crippen LogP contribution in [-0.2, 0) is 23.5 Å². The molecule has 2 aliphatic heterocycles. The highest BCUT2D eigenvalue weighted by Crippen LogP contribution is 2.39. The Bertz CT molecular complexity index is 907. The molecule has 0 unspecified atom stereocenters. The standard InChI is InChI=1S/C24H33NO6Si/c1-15(20-18(26)13-14-19(29-20)31-32(6,7)24(3,4)5)22(27)25-16(2)21(30-23(25)28)17-11-9-8-10-12-17/h8-16,19-21H,1-7H3/t15-,16-,19-,20-,21-/m1/s1. The summed E-state index contributed by atoms with van der Waals surface area (Å²) in [7, 11) is -2.16. The van der Waals surface area contributed by atoms with Gasteiger partial charge in [0.15, 0.2) is 20.4 Å². The summed E-state index contributed by atoms with van der Waals surface area (Å²) >= 11 is 0. The van der Waals surface area contributed by atoms with Crippen LogP contribution in [-0.4, -0.2) is 49.4 Å². The first-order chi connectivity index (χ1) is 14.8. The van der Waals surface area contributed by atoms with Gasteiger partial charge in [0.05, 0.1) is 12.0 Å². The van der Waals surface area contributed by atoms with E-state index in [1.54, 1.807) is 19.9 Å². The van der Waals surface area contributed by atoms with Gasteiger partial charge in [-0.15, -0.1) is 0 Å². The molecular formula is C24H33NO6Si. The average Bonchev–Trinajstić information content (AvgIpc) is 3.02. The summed E-state index contributed by atoms with van der Waals surface area (Å²) in [6, 6.07) is 8.78. The molecule has 2 heterocycles. The van der Waals surface area contributed by atoms with Crippen LogP contribution in [0.5, 0.6) is 0 Å². The van der Waals surface area contributed by atoms with Crippen LogP contribution >= 0.6 is 0 Å². The van der Waals surface area contributed by atoms with E-state index < -0.39 is 50.8 Å². The molecule has 0 radical (unpaired) electrons. The fraction of sp³-hybridized carbons (Fsp3) is 0.542. The zero-order chi connectivity index (χ0) is 23.8. The summed E-state index contributed by atoms with van der Waals surface area (Å²) in [5.41, 5.74) is 0.812. The second-order valence-corrected chi connectivity index (χ2v) is 14.8. The molecule has 1 aromatic carbocycles. The van der Waals surface area contributed by atoms with E-state index in [4.69, 9.17) is 13.9 Å². The van der Waals surface area contributed by atoms with E-state index in [1.807, 2.05) is 30.3 Å². The van der Waals surface area contributed by atoms with Gasteiger partial charge >= 0.3 is 6.09 Å². The summed E-state index contributed by atoms with van der Waals surface area (Å²) in [5.74, 6) is -1.69. The summed E-state index contributed by atoms with van der Waals surface area (Å²) in [6.45, 7) is 13.9. The second kappa shape index (κ2) is 8.92. The first kappa shape index (κ1) is 24.4. The Kier molecular flexibility index (Phi) is 6.79. The SMILES string of the molecule is C[C@@H]1[C@H](c2ccccc2)OC(=O)N1C(=O)[C@H](C)[C@H]1O[C@H](O[Si](C)(C)C(C)(C)C)C=CC1=O. The Morgan fingerprint density at radius 3 is 2.38 bits per heavy atom. The molecule has 174 valence electrons. The van der Waals surface area contributed by atoms with Crippen molar-refractivity contribution < 1.29 is 28.3 Å². The van der Waals surface area contributed by atoms with Crippen molar-refractivity contribution in [2.45, 2.75) is 77.3 Å². The van der Waals surface area contributed by atoms with E-state index in [0.717, 1.165) is 10.5 Å². The van der Waals surface area contributed by atoms with Crippen LogP contribution in [0.2, 0.25) is 18.1 Å². The number of carbonyl (C=O) groups excluding carboxylic acids is 3. The molecule has 7 nitrogen and oxygen atoms in total. The smallest absolute Gasteiger partial charge is 0.417 e. The molecule has 32 heavy (non-hydrogen) atoms. The predicted molar refractivity (Wildman–Crippen MR) is 122 cm³/mol. The van der Waals surface area contributed by atoms with Crippen LogP contribution in [0.25, 0.3) is 0 Å². The van der Waals surface area contributed by atoms with E-state index in [1.165, 1.54) is 6.08 Å². The third-order valence-electron chi connectivity index (χ3n) is 6.67. The molecule has 0 saturated carbocycles. The molecule has 1 saturated heterocycles. The van der Waals surface area contributed by atoms with Gasteiger partial charge in [0.1, 0.15) is 12.2 Å². The number of carbonyl (C=O) groups is 3. The van der Waals surface area contributed by atoms with Gasteiger partial charge in [0.2, 0.25) is 5.91 Å². The quantitative estimate of drug-likeness (QED) is 0.599. The van der Waals surface area contributed by atoms with Crippen LogP contribution in [0.4, 0.5) is 4.79 Å². The minimum Gasteiger partial charge on any atom is -0.439 e. The number of rotatable bonds is 5. The molecule has 3 rings (SSSR count). The van der Waals surface area contributed by atoms with Gasteiger partial charge in [-0.3, -0.25) is 9.59 Å². The number of amides is 2. The topological polar surface area (TPSA) is 82.1 Å². The number of ether oxygens (including phenoxy) is 2. The lowest BCUT2D eigenvalue weighted by atomic mass is 9.96. The van der Waals surface area contributed by atoms with Crippen LogP contribution in [0.3, 0.4) is 0 Å². The predicted octanol–water partition coefficient (Wildman–Crippen LogP) is 4.60. The van der Waals surface area contributed by atoms with Gasteiger partial charge in [-0.05, 0) is 42.8 Å². The van der Waals surface area contributed by atoms with Gasteiger partial charge < -0.3 is 13.9 Å². The van der Waals surface area contributed by atoms with E-state index in [2.05, 4.69) is 33.9 Å². The number of hydrogen-bond donors (Lipinski definition) is 0. The molecule has 0 spiro atoms. The Morgan fingerprint density at radius 2 is 1.78 bits per heavy atom. The molecule has 0 N–H and O–H groups in total. The Labute approximate surface area is 190 Å².